The Morgan fingerprint density at radius 1 is 1.22 bits per heavy atom. The molecule has 2 heterocycles. The van der Waals surface area contributed by atoms with Crippen LogP contribution >= 0.6 is 0 Å². The molecule has 2 rings (SSSR count). The van der Waals surface area contributed by atoms with Gasteiger partial charge in [0.1, 0.15) is 0 Å². The molecule has 2 aliphatic heterocycles. The Bertz CT molecular complexity index is 238. The molecule has 2 saturated heterocycles. The highest BCUT2D eigenvalue weighted by Gasteiger charge is 2.28. The monoisotopic (exact) mass is 253 g/mol. The molecular weight excluding hydrogens is 222 g/mol. The van der Waals surface area contributed by atoms with Crippen LogP contribution in [0.4, 0.5) is 0 Å². The molecule has 3 heteroatoms. The van der Waals surface area contributed by atoms with Gasteiger partial charge in [0.2, 0.25) is 0 Å². The van der Waals surface area contributed by atoms with Gasteiger partial charge in [-0.25, -0.2) is 0 Å². The number of hydrogen-bond acceptors (Lipinski definition) is 3. The lowest BCUT2D eigenvalue weighted by molar-refractivity contribution is 0.0759. The van der Waals surface area contributed by atoms with E-state index in [2.05, 4.69) is 36.0 Å². The van der Waals surface area contributed by atoms with Crippen LogP contribution in [0.15, 0.2) is 0 Å². The van der Waals surface area contributed by atoms with Crippen molar-refractivity contribution in [2.75, 3.05) is 39.8 Å². The fourth-order valence-electron chi connectivity index (χ4n) is 3.53. The second kappa shape index (κ2) is 6.88. The molecule has 1 N–H and O–H groups in total. The smallest absolute Gasteiger partial charge is 0.0122 e. The second-order valence-electron chi connectivity index (χ2n) is 6.29. The molecule has 2 unspecified atom stereocenters. The Balaban J connectivity index is 1.83. The molecule has 0 aromatic heterocycles. The Kier molecular flexibility index (Phi) is 5.46. The summed E-state index contributed by atoms with van der Waals surface area (Å²) in [5, 5.41) is 3.47. The molecule has 18 heavy (non-hydrogen) atoms. The summed E-state index contributed by atoms with van der Waals surface area (Å²) in [5.41, 5.74) is 0. The zero-order chi connectivity index (χ0) is 13.0. The molecule has 0 spiro atoms. The first-order valence-corrected chi connectivity index (χ1v) is 7.85. The molecule has 106 valence electrons. The highest BCUT2D eigenvalue weighted by Crippen LogP contribution is 2.23. The van der Waals surface area contributed by atoms with Crippen LogP contribution in [0.1, 0.15) is 39.5 Å². The number of nitrogens with zero attached hydrogens (tertiary/aromatic N) is 2. The van der Waals surface area contributed by atoms with Crippen molar-refractivity contribution in [1.82, 2.24) is 15.1 Å². The third-order valence-electron chi connectivity index (χ3n) is 5.05. The van der Waals surface area contributed by atoms with E-state index in [9.17, 15) is 0 Å². The summed E-state index contributed by atoms with van der Waals surface area (Å²) in [6.07, 6.45) is 5.46. The van der Waals surface area contributed by atoms with E-state index in [0.29, 0.717) is 0 Å². The molecule has 2 aliphatic rings. The molecule has 3 nitrogen and oxygen atoms in total. The zero-order valence-corrected chi connectivity index (χ0v) is 12.5. The highest BCUT2D eigenvalue weighted by molar-refractivity contribution is 4.84. The van der Waals surface area contributed by atoms with Gasteiger partial charge in [-0.15, -0.1) is 0 Å². The number of rotatable bonds is 4. The summed E-state index contributed by atoms with van der Waals surface area (Å²) in [4.78, 5) is 5.27. The van der Waals surface area contributed by atoms with Crippen molar-refractivity contribution < 1.29 is 0 Å². The molecule has 0 aliphatic carbocycles. The van der Waals surface area contributed by atoms with Crippen molar-refractivity contribution in [2.24, 2.45) is 5.92 Å². The summed E-state index contributed by atoms with van der Waals surface area (Å²) >= 11 is 0. The van der Waals surface area contributed by atoms with Crippen molar-refractivity contribution in [1.29, 1.82) is 0 Å². The SMILES string of the molecule is CCN(CC1CCNCC1)C1CCN(C)C(C)C1. The fraction of sp³-hybridized carbons (Fsp3) is 1.00. The van der Waals surface area contributed by atoms with Crippen LogP contribution in [0, 0.1) is 5.92 Å². The predicted molar refractivity (Wildman–Crippen MR) is 78.0 cm³/mol. The summed E-state index contributed by atoms with van der Waals surface area (Å²) < 4.78 is 0. The van der Waals surface area contributed by atoms with E-state index >= 15 is 0 Å². The number of nitrogens with one attached hydrogen (secondary N) is 1. The minimum Gasteiger partial charge on any atom is -0.317 e. The van der Waals surface area contributed by atoms with Gasteiger partial charge >= 0.3 is 0 Å². The lowest BCUT2D eigenvalue weighted by Gasteiger charge is -2.42. The van der Waals surface area contributed by atoms with E-state index < -0.39 is 0 Å². The zero-order valence-electron chi connectivity index (χ0n) is 12.5. The minimum absolute atomic E-state index is 0.755. The molecule has 2 atom stereocenters. The fourth-order valence-corrected chi connectivity index (χ4v) is 3.53. The molecule has 0 radical (unpaired) electrons. The van der Waals surface area contributed by atoms with Crippen LogP contribution in [-0.4, -0.2) is 61.7 Å². The van der Waals surface area contributed by atoms with E-state index in [1.807, 2.05) is 0 Å². The van der Waals surface area contributed by atoms with Crippen molar-refractivity contribution in [3.05, 3.63) is 0 Å². The van der Waals surface area contributed by atoms with Gasteiger partial charge in [0, 0.05) is 18.6 Å². The van der Waals surface area contributed by atoms with E-state index in [1.165, 1.54) is 58.4 Å². The number of piperidine rings is 2. The van der Waals surface area contributed by atoms with Gasteiger partial charge in [0.25, 0.3) is 0 Å². The maximum Gasteiger partial charge on any atom is 0.0122 e. The molecule has 0 saturated carbocycles. The van der Waals surface area contributed by atoms with E-state index in [1.54, 1.807) is 0 Å². The summed E-state index contributed by atoms with van der Waals surface area (Å²) in [5.74, 6) is 0.932. The first-order valence-electron chi connectivity index (χ1n) is 7.85. The van der Waals surface area contributed by atoms with Gasteiger partial charge in [-0.05, 0) is 71.8 Å². The molecule has 0 aromatic carbocycles. The van der Waals surface area contributed by atoms with Crippen LogP contribution in [-0.2, 0) is 0 Å². The van der Waals surface area contributed by atoms with E-state index in [0.717, 1.165) is 18.0 Å². The first kappa shape index (κ1) is 14.3. The average Bonchev–Trinajstić information content (AvgIpc) is 2.40. The van der Waals surface area contributed by atoms with Crippen LogP contribution in [0.3, 0.4) is 0 Å². The number of likely N-dealkylation sites (tertiary alicyclic amines) is 1. The highest BCUT2D eigenvalue weighted by atomic mass is 15.2. The van der Waals surface area contributed by atoms with Crippen LogP contribution in [0.25, 0.3) is 0 Å². The van der Waals surface area contributed by atoms with Gasteiger partial charge in [-0.3, -0.25) is 0 Å². The van der Waals surface area contributed by atoms with Crippen LogP contribution in [0.5, 0.6) is 0 Å². The minimum atomic E-state index is 0.755. The summed E-state index contributed by atoms with van der Waals surface area (Å²) in [7, 11) is 2.27. The maximum absolute atomic E-state index is 3.47. The molecule has 0 bridgehead atoms. The van der Waals surface area contributed by atoms with Crippen LogP contribution < -0.4 is 5.32 Å². The lowest BCUT2D eigenvalue weighted by Crippen LogP contribution is -2.49. The summed E-state index contributed by atoms with van der Waals surface area (Å²) in [6.45, 7) is 11.0. The molecule has 0 amide bonds. The quantitative estimate of drug-likeness (QED) is 0.824. The Morgan fingerprint density at radius 3 is 2.56 bits per heavy atom. The van der Waals surface area contributed by atoms with E-state index in [4.69, 9.17) is 0 Å². The summed E-state index contributed by atoms with van der Waals surface area (Å²) in [6, 6.07) is 1.59. The van der Waals surface area contributed by atoms with Crippen molar-refractivity contribution in [3.8, 4) is 0 Å². The third kappa shape index (κ3) is 3.69. The predicted octanol–water partition coefficient (Wildman–Crippen LogP) is 1.79. The topological polar surface area (TPSA) is 18.5 Å². The molecular formula is C15H31N3. The second-order valence-corrected chi connectivity index (χ2v) is 6.29. The standard InChI is InChI=1S/C15H31N3/c1-4-18(12-14-5-8-16-9-6-14)15-7-10-17(3)13(2)11-15/h13-16H,4-12H2,1-3H3. The van der Waals surface area contributed by atoms with Crippen molar-refractivity contribution >= 4 is 0 Å². The first-order chi connectivity index (χ1) is 8.70. The maximum atomic E-state index is 3.47. The van der Waals surface area contributed by atoms with E-state index in [-0.39, 0.29) is 0 Å². The third-order valence-corrected chi connectivity index (χ3v) is 5.05. The Labute approximate surface area is 113 Å². The lowest BCUT2D eigenvalue weighted by atomic mass is 9.93. The van der Waals surface area contributed by atoms with Gasteiger partial charge in [0.05, 0.1) is 0 Å². The van der Waals surface area contributed by atoms with Gasteiger partial charge < -0.3 is 15.1 Å². The van der Waals surface area contributed by atoms with Crippen LogP contribution in [0.2, 0.25) is 0 Å². The molecule has 2 fully saturated rings. The van der Waals surface area contributed by atoms with Crippen molar-refractivity contribution in [2.45, 2.75) is 51.6 Å². The largest absolute Gasteiger partial charge is 0.317 e. The van der Waals surface area contributed by atoms with Gasteiger partial charge in [-0.2, -0.15) is 0 Å². The normalized spacial score (nSPS) is 32.0. The Morgan fingerprint density at radius 2 is 1.94 bits per heavy atom. The van der Waals surface area contributed by atoms with Crippen molar-refractivity contribution in [3.63, 3.8) is 0 Å². The number of hydrogen-bond donors (Lipinski definition) is 1. The average molecular weight is 253 g/mol. The Hall–Kier alpha value is -0.120. The molecule has 0 aromatic rings. The van der Waals surface area contributed by atoms with Gasteiger partial charge in [-0.1, -0.05) is 6.92 Å². The van der Waals surface area contributed by atoms with Gasteiger partial charge in [0.15, 0.2) is 0 Å².